The predicted octanol–water partition coefficient (Wildman–Crippen LogP) is 3.72. The van der Waals surface area contributed by atoms with Gasteiger partial charge < -0.3 is 10.2 Å². The molecular formula is C18H25N3. The number of nitrogens with zero attached hydrogens (tertiary/aromatic N) is 2. The fourth-order valence-corrected chi connectivity index (χ4v) is 3.35. The SMILES string of the molecule is CNCc1cc(N2CCCCCC2C)c2ccccc2n1. The predicted molar refractivity (Wildman–Crippen MR) is 89.8 cm³/mol. The minimum atomic E-state index is 0.612. The highest BCUT2D eigenvalue weighted by molar-refractivity contribution is 5.92. The minimum Gasteiger partial charge on any atom is -0.368 e. The van der Waals surface area contributed by atoms with E-state index in [1.165, 1.54) is 36.8 Å². The number of anilines is 1. The second-order valence-electron chi connectivity index (χ2n) is 6.07. The van der Waals surface area contributed by atoms with Crippen molar-refractivity contribution in [3.63, 3.8) is 0 Å². The molecule has 112 valence electrons. The Morgan fingerprint density at radius 2 is 2.10 bits per heavy atom. The Balaban J connectivity index is 2.09. The summed E-state index contributed by atoms with van der Waals surface area (Å²) in [6, 6.07) is 11.4. The van der Waals surface area contributed by atoms with Crippen molar-refractivity contribution in [1.29, 1.82) is 0 Å². The highest BCUT2D eigenvalue weighted by Gasteiger charge is 2.20. The first-order valence-electron chi connectivity index (χ1n) is 8.09. The second kappa shape index (κ2) is 6.44. The number of hydrogen-bond acceptors (Lipinski definition) is 3. The van der Waals surface area contributed by atoms with Gasteiger partial charge in [-0.05, 0) is 38.9 Å². The smallest absolute Gasteiger partial charge is 0.0726 e. The van der Waals surface area contributed by atoms with Gasteiger partial charge in [0.15, 0.2) is 0 Å². The second-order valence-corrected chi connectivity index (χ2v) is 6.07. The van der Waals surface area contributed by atoms with E-state index in [0.29, 0.717) is 6.04 Å². The summed E-state index contributed by atoms with van der Waals surface area (Å²) in [5.41, 5.74) is 3.60. The molecule has 1 aliphatic rings. The summed E-state index contributed by atoms with van der Waals surface area (Å²) >= 11 is 0. The van der Waals surface area contributed by atoms with Gasteiger partial charge in [-0.3, -0.25) is 4.98 Å². The van der Waals surface area contributed by atoms with Crippen LogP contribution in [0.1, 0.15) is 38.3 Å². The molecule has 3 nitrogen and oxygen atoms in total. The monoisotopic (exact) mass is 283 g/mol. The van der Waals surface area contributed by atoms with Crippen molar-refractivity contribution in [3.05, 3.63) is 36.0 Å². The molecule has 0 aliphatic carbocycles. The molecule has 0 bridgehead atoms. The zero-order valence-electron chi connectivity index (χ0n) is 13.1. The van der Waals surface area contributed by atoms with Gasteiger partial charge in [0.25, 0.3) is 0 Å². The van der Waals surface area contributed by atoms with Crippen LogP contribution in [0.25, 0.3) is 10.9 Å². The lowest BCUT2D eigenvalue weighted by Gasteiger charge is -2.31. The number of benzene rings is 1. The van der Waals surface area contributed by atoms with E-state index in [4.69, 9.17) is 4.98 Å². The van der Waals surface area contributed by atoms with Crippen LogP contribution in [-0.2, 0) is 6.54 Å². The van der Waals surface area contributed by atoms with Gasteiger partial charge in [-0.15, -0.1) is 0 Å². The van der Waals surface area contributed by atoms with E-state index >= 15 is 0 Å². The van der Waals surface area contributed by atoms with Crippen LogP contribution >= 0.6 is 0 Å². The number of fused-ring (bicyclic) bond motifs is 1. The lowest BCUT2D eigenvalue weighted by atomic mass is 10.1. The number of rotatable bonds is 3. The zero-order chi connectivity index (χ0) is 14.7. The Hall–Kier alpha value is -1.61. The Bertz CT molecular complexity index is 608. The Morgan fingerprint density at radius 1 is 1.24 bits per heavy atom. The molecule has 1 fully saturated rings. The van der Waals surface area contributed by atoms with Crippen LogP contribution in [0.3, 0.4) is 0 Å². The van der Waals surface area contributed by atoms with Gasteiger partial charge in [0.1, 0.15) is 0 Å². The first kappa shape index (κ1) is 14.3. The molecule has 2 aromatic rings. The topological polar surface area (TPSA) is 28.2 Å². The van der Waals surface area contributed by atoms with Gasteiger partial charge in [0, 0.05) is 30.2 Å². The minimum absolute atomic E-state index is 0.612. The molecule has 3 heteroatoms. The lowest BCUT2D eigenvalue weighted by Crippen LogP contribution is -2.32. The van der Waals surface area contributed by atoms with Crippen molar-refractivity contribution in [2.45, 2.75) is 45.2 Å². The van der Waals surface area contributed by atoms with Gasteiger partial charge in [-0.1, -0.05) is 31.0 Å². The quantitative estimate of drug-likeness (QED) is 0.930. The van der Waals surface area contributed by atoms with Crippen LogP contribution in [0, 0.1) is 0 Å². The molecule has 1 atom stereocenters. The first-order valence-corrected chi connectivity index (χ1v) is 8.09. The normalized spacial score (nSPS) is 19.7. The van der Waals surface area contributed by atoms with E-state index in [1.54, 1.807) is 0 Å². The third-order valence-electron chi connectivity index (χ3n) is 4.47. The highest BCUT2D eigenvalue weighted by atomic mass is 15.2. The molecule has 0 saturated carbocycles. The van der Waals surface area contributed by atoms with E-state index in [1.807, 2.05) is 7.05 Å². The number of aromatic nitrogens is 1. The summed E-state index contributed by atoms with van der Waals surface area (Å²) in [6.07, 6.45) is 5.29. The third kappa shape index (κ3) is 3.03. The molecule has 1 N–H and O–H groups in total. The Morgan fingerprint density at radius 3 is 2.95 bits per heavy atom. The molecule has 2 heterocycles. The van der Waals surface area contributed by atoms with Crippen LogP contribution in [0.5, 0.6) is 0 Å². The number of hydrogen-bond donors (Lipinski definition) is 1. The number of nitrogens with one attached hydrogen (secondary N) is 1. The standard InChI is InChI=1S/C18H25N3/c1-14-8-4-3-7-11-21(14)18-12-15(13-19-2)20-17-10-6-5-9-16(17)18/h5-6,9-10,12,14,19H,3-4,7-8,11,13H2,1-2H3. The lowest BCUT2D eigenvalue weighted by molar-refractivity contribution is 0.617. The molecule has 1 aromatic carbocycles. The molecular weight excluding hydrogens is 258 g/mol. The maximum absolute atomic E-state index is 4.78. The van der Waals surface area contributed by atoms with Crippen molar-refractivity contribution in [1.82, 2.24) is 10.3 Å². The van der Waals surface area contributed by atoms with Crippen LogP contribution in [-0.4, -0.2) is 24.6 Å². The van der Waals surface area contributed by atoms with Crippen LogP contribution < -0.4 is 10.2 Å². The van der Waals surface area contributed by atoms with Crippen molar-refractivity contribution in [2.24, 2.45) is 0 Å². The average Bonchev–Trinajstić information content (AvgIpc) is 2.71. The van der Waals surface area contributed by atoms with Gasteiger partial charge in [0.2, 0.25) is 0 Å². The molecule has 21 heavy (non-hydrogen) atoms. The van der Waals surface area contributed by atoms with E-state index in [-0.39, 0.29) is 0 Å². The average molecular weight is 283 g/mol. The maximum Gasteiger partial charge on any atom is 0.0726 e. The number of pyridine rings is 1. The van der Waals surface area contributed by atoms with Crippen molar-refractivity contribution in [3.8, 4) is 0 Å². The molecule has 1 aromatic heterocycles. The highest BCUT2D eigenvalue weighted by Crippen LogP contribution is 2.31. The largest absolute Gasteiger partial charge is 0.368 e. The summed E-state index contributed by atoms with van der Waals surface area (Å²) in [7, 11) is 1.98. The molecule has 1 aliphatic heterocycles. The molecule has 3 rings (SSSR count). The summed E-state index contributed by atoms with van der Waals surface area (Å²) in [5, 5.41) is 4.50. The molecule has 1 unspecified atom stereocenters. The Labute approximate surface area is 127 Å². The maximum atomic E-state index is 4.78. The van der Waals surface area contributed by atoms with E-state index in [0.717, 1.165) is 24.3 Å². The van der Waals surface area contributed by atoms with Crippen LogP contribution in [0.15, 0.2) is 30.3 Å². The van der Waals surface area contributed by atoms with Crippen molar-refractivity contribution >= 4 is 16.6 Å². The van der Waals surface area contributed by atoms with Crippen LogP contribution in [0.2, 0.25) is 0 Å². The van der Waals surface area contributed by atoms with Crippen molar-refractivity contribution < 1.29 is 0 Å². The fourth-order valence-electron chi connectivity index (χ4n) is 3.35. The number of para-hydroxylation sites is 1. The van der Waals surface area contributed by atoms with Gasteiger partial charge in [-0.2, -0.15) is 0 Å². The summed E-state index contributed by atoms with van der Waals surface area (Å²) in [6.45, 7) is 4.34. The molecule has 0 radical (unpaired) electrons. The summed E-state index contributed by atoms with van der Waals surface area (Å²) in [5.74, 6) is 0. The first-order chi connectivity index (χ1) is 10.3. The van der Waals surface area contributed by atoms with E-state index in [9.17, 15) is 0 Å². The van der Waals surface area contributed by atoms with E-state index < -0.39 is 0 Å². The van der Waals surface area contributed by atoms with E-state index in [2.05, 4.69) is 47.5 Å². The Kier molecular flexibility index (Phi) is 4.39. The molecule has 1 saturated heterocycles. The van der Waals surface area contributed by atoms with Gasteiger partial charge in [-0.25, -0.2) is 0 Å². The zero-order valence-corrected chi connectivity index (χ0v) is 13.1. The van der Waals surface area contributed by atoms with Crippen LogP contribution in [0.4, 0.5) is 5.69 Å². The fraction of sp³-hybridized carbons (Fsp3) is 0.500. The summed E-state index contributed by atoms with van der Waals surface area (Å²) in [4.78, 5) is 7.37. The van der Waals surface area contributed by atoms with Gasteiger partial charge >= 0.3 is 0 Å². The van der Waals surface area contributed by atoms with Crippen molar-refractivity contribution in [2.75, 3.05) is 18.5 Å². The third-order valence-corrected chi connectivity index (χ3v) is 4.47. The molecule has 0 amide bonds. The summed E-state index contributed by atoms with van der Waals surface area (Å²) < 4.78 is 0. The molecule has 0 spiro atoms. The van der Waals surface area contributed by atoms with Gasteiger partial charge in [0.05, 0.1) is 11.2 Å².